The molecule has 714 valence electrons. The van der Waals surface area contributed by atoms with E-state index in [0.717, 1.165) is 0 Å². The van der Waals surface area contributed by atoms with Gasteiger partial charge < -0.3 is 56.5 Å². The summed E-state index contributed by atoms with van der Waals surface area (Å²) in [6.07, 6.45) is -81.5. The summed E-state index contributed by atoms with van der Waals surface area (Å²) < 4.78 is 651. The molecule has 0 radical (unpaired) electrons. The van der Waals surface area contributed by atoms with Crippen molar-refractivity contribution in [1.82, 2.24) is 0 Å². The van der Waals surface area contributed by atoms with Gasteiger partial charge in [-0.2, -0.15) is 118 Å². The molecule has 4 saturated heterocycles. The Balaban J connectivity index is 2.04. The van der Waals surface area contributed by atoms with Gasteiger partial charge in [-0.25, -0.2) is 67.0 Å². The molecule has 4 aliphatic heterocycles. The lowest BCUT2D eigenvalue weighted by atomic mass is 9.97. The Hall–Kier alpha value is -2.08. The van der Waals surface area contributed by atoms with Crippen LogP contribution in [0.25, 0.3) is 0 Å². The van der Waals surface area contributed by atoms with Crippen LogP contribution in [0.4, 0.5) is 0 Å². The van der Waals surface area contributed by atoms with E-state index in [-0.39, 0.29) is 14.2 Å². The van der Waals surface area contributed by atoms with Crippen molar-refractivity contribution in [3.05, 3.63) is 0 Å². The summed E-state index contributed by atoms with van der Waals surface area (Å²) in [5, 5.41) is 0. The smallest absolute Gasteiger partial charge is 0.397 e. The summed E-state index contributed by atoms with van der Waals surface area (Å²) in [5.74, 6) is 0. The quantitative estimate of drug-likeness (QED) is 0.0199. The normalized spacial score (nSPS) is 30.9. The van der Waals surface area contributed by atoms with Gasteiger partial charge in [-0.1, -0.05) is 0 Å². The lowest BCUT2D eigenvalue weighted by Gasteiger charge is -2.48. The van der Waals surface area contributed by atoms with E-state index in [1.807, 2.05) is 0 Å². The molecule has 4 heterocycles. The second kappa shape index (κ2) is 42.7. The first kappa shape index (κ1) is 110. The topological polar surface area (TPSA) is 1080 Å². The third-order valence-electron chi connectivity index (χ3n) is 13.7. The highest BCUT2D eigenvalue weighted by molar-refractivity contribution is 7.84. The molecule has 4 rings (SSSR count). The summed E-state index contributed by atoms with van der Waals surface area (Å²) in [5.41, 5.74) is 0. The second-order valence-corrected chi connectivity index (χ2v) is 37.9. The molecule has 26 atom stereocenters. The minimum atomic E-state index is -6.67. The number of rotatable bonds is 51. The van der Waals surface area contributed by atoms with Crippen LogP contribution in [0.2, 0.25) is 0 Å². The highest BCUT2D eigenvalue weighted by Crippen LogP contribution is 2.41. The minimum absolute atomic E-state index is 0.272. The molecule has 0 bridgehead atoms. The monoisotopic (exact) mass is 2100 g/mol. The van der Waals surface area contributed by atoms with Gasteiger partial charge in [0.2, 0.25) is 0 Å². The van der Waals surface area contributed by atoms with Crippen molar-refractivity contribution in [2.24, 2.45) is 0 Å². The van der Waals surface area contributed by atoms with Gasteiger partial charge in [-0.05, 0) is 0 Å². The van der Waals surface area contributed by atoms with E-state index in [4.69, 9.17) is 47.4 Å². The van der Waals surface area contributed by atoms with Crippen molar-refractivity contribution >= 4 is 168 Å². The van der Waals surface area contributed by atoms with Crippen LogP contribution in [0.15, 0.2) is 0 Å². The molecule has 88 heteroatoms. The SMILES string of the molecule is CO[C@@H]([C@H](OC)[C@@H](CO[C@@H]1O[C@H](COS(=O)(=O)O)[C@@H](O[C@@H]2O[C@H](COS(=O)(=O)O)[C@H](OS(=O)(=O)O)[C@H](OS(=O)(=O)O)[C@H]2OS(=O)(=O)O)[C@H](OS(=O)(=O)O)[C@H]1OS(=O)(=O)O)OS(=O)(=O)O)[C@@H](CO[C@@H]1O[C@H](COS(=O)(=O)O)[C@@H](O[C@@H]2O[C@H](COS(=O)(=O)O)[C@H](OS(=O)[O-])[C@H](OS(=O)[O-])[C@H]2OS(=O)(=O)O)[C@H](OS(=O)(=O)O)[C@H]1OS(=O)(=O)O)OS(=O)(=O)O. The molecule has 0 amide bonds. The first-order valence-electron chi connectivity index (χ1n) is 28.5. The van der Waals surface area contributed by atoms with Crippen molar-refractivity contribution in [1.29, 1.82) is 0 Å². The highest BCUT2D eigenvalue weighted by Gasteiger charge is 2.62. The van der Waals surface area contributed by atoms with Crippen LogP contribution in [0.1, 0.15) is 0 Å². The molecule has 4 fully saturated rings. The zero-order chi connectivity index (χ0) is 92.6. The van der Waals surface area contributed by atoms with Gasteiger partial charge in [-0.15, -0.1) is 0 Å². The Morgan fingerprint density at radius 2 is 0.483 bits per heavy atom. The largest absolute Gasteiger partial charge is 0.750 e. The van der Waals surface area contributed by atoms with Crippen LogP contribution in [0, 0.1) is 0 Å². The predicted molar refractivity (Wildman–Crippen MR) is 340 cm³/mol. The molecule has 0 aliphatic carbocycles. The maximum Gasteiger partial charge on any atom is 0.397 e. The van der Waals surface area contributed by atoms with Gasteiger partial charge in [0.1, 0.15) is 97.7 Å². The van der Waals surface area contributed by atoms with Gasteiger partial charge in [0.05, 0.1) is 62.4 Å². The van der Waals surface area contributed by atoms with E-state index in [2.05, 4.69) is 66.9 Å². The fraction of sp³-hybridized carbons (Fsp3) is 1.00. The molecule has 0 aromatic heterocycles. The number of hydrogen-bond acceptors (Lipinski definition) is 58. The maximum atomic E-state index is 12.7. The number of hydrogen-bond donors (Lipinski definition) is 14. The van der Waals surface area contributed by atoms with E-state index in [1.54, 1.807) is 0 Å². The van der Waals surface area contributed by atoms with Gasteiger partial charge >= 0.3 is 146 Å². The first-order chi connectivity index (χ1) is 53.7. The molecule has 0 aromatic rings. The molecule has 14 N–H and O–H groups in total. The van der Waals surface area contributed by atoms with E-state index in [0.29, 0.717) is 0 Å². The third-order valence-corrected chi connectivity index (χ3v) is 20.9. The van der Waals surface area contributed by atoms with Gasteiger partial charge in [0.15, 0.2) is 49.6 Å². The Morgan fingerprint density at radius 3 is 0.725 bits per heavy atom. The van der Waals surface area contributed by atoms with Crippen LogP contribution < -0.4 is 0 Å². The summed E-state index contributed by atoms with van der Waals surface area (Å²) >= 11 is -8.35. The van der Waals surface area contributed by atoms with E-state index in [9.17, 15) is 199 Å². The van der Waals surface area contributed by atoms with E-state index < -0.39 is 355 Å². The van der Waals surface area contributed by atoms with Gasteiger partial charge in [0, 0.05) is 14.2 Å². The third kappa shape index (κ3) is 40.7. The Morgan fingerprint density at radius 1 is 0.275 bits per heavy atom. The zero-order valence-electron chi connectivity index (χ0n) is 56.6. The lowest BCUT2D eigenvalue weighted by Crippen LogP contribution is -2.67. The van der Waals surface area contributed by atoms with Crippen LogP contribution in [0.3, 0.4) is 0 Å². The number of ether oxygens (including phenoxy) is 10. The number of methoxy groups -OCH3 is 2. The fourth-order valence-electron chi connectivity index (χ4n) is 10.2. The van der Waals surface area contributed by atoms with Crippen LogP contribution >= 0.6 is 0 Å². The molecule has 0 saturated carbocycles. The Bertz CT molecular complexity index is 5230. The van der Waals surface area contributed by atoms with Crippen molar-refractivity contribution in [2.75, 3.05) is 53.9 Å². The summed E-state index contributed by atoms with van der Waals surface area (Å²) in [4.78, 5) is 0. The standard InChI is InChI=1S/C32H58O72S16/c1-79-15(13(95-111(49,50)51)3-81-29-26(102-118(70,71)72)22(98-114(58,59)60)17(9(87-29)5-83-107(37,38)39)91-31-25(101-117(67,68)69)21(94-106(35)36)19(93-105(33)34)11(89-31)7-85-109(43,44)45)16(80-2)14(96-112(52,53)54)4-82-30-27(103-119(73,74)75)23(99-115(61,62)63)18(10(88-30)6-84-108(40,41)42)92-32-28(104-120(76,77)78)24(100-116(64,65)66)20(97-113(55,56)57)12(90-32)8-86-110(46,47)48/h9-32H,3-8H2,1-2H3,(H,33,34)(H,35,36)(H,37,38,39)(H,40,41,42)(H,43,44,45)(H,46,47,48)(H,49,50,51)(H,52,53,54)(H,55,56,57)(H,58,59,60)(H,61,62,63)(H,64,65,66)(H,67,68,69)(H,70,71,72)(H,73,74,75)(H,76,77,78)/p-2/t9-,10-,11-,12-,13-,14-,15-,16-,17-,18-,19+,20+,21+,22+,23+,24+,25-,26-,27-,28-,29-,30-,31+,32+/m1/s1. The molecular formula is C32H56O72S16-2. The average molecular weight is 2110 g/mol. The molecule has 120 heavy (non-hydrogen) atoms. The van der Waals surface area contributed by atoms with E-state index in [1.165, 1.54) is 0 Å². The van der Waals surface area contributed by atoms with Crippen LogP contribution in [-0.4, -0.2) is 400 Å². The van der Waals surface area contributed by atoms with Crippen molar-refractivity contribution in [2.45, 2.75) is 147 Å². The minimum Gasteiger partial charge on any atom is -0.750 e. The molecule has 0 spiro atoms. The molecular weight excluding hydrogens is 2050 g/mol. The maximum absolute atomic E-state index is 12.7. The molecule has 2 unspecified atom stereocenters. The molecule has 4 aliphatic rings. The highest BCUT2D eigenvalue weighted by atomic mass is 32.3. The summed E-state index contributed by atoms with van der Waals surface area (Å²) in [6, 6.07) is 0. The Kier molecular flexibility index (Phi) is 39.2. The van der Waals surface area contributed by atoms with Crippen LogP contribution in [0.5, 0.6) is 0 Å². The summed E-state index contributed by atoms with van der Waals surface area (Å²) in [7, 11) is -88.6. The first-order valence-corrected chi connectivity index (χ1v) is 49.6. The van der Waals surface area contributed by atoms with Crippen molar-refractivity contribution < 1.29 is 313 Å². The van der Waals surface area contributed by atoms with E-state index >= 15 is 0 Å². The second-order valence-electron chi connectivity index (χ2n) is 21.9. The summed E-state index contributed by atoms with van der Waals surface area (Å²) in [6.45, 7) is -13.1. The van der Waals surface area contributed by atoms with Gasteiger partial charge in [-0.3, -0.25) is 72.1 Å². The van der Waals surface area contributed by atoms with Crippen molar-refractivity contribution in [3.63, 3.8) is 0 Å². The molecule has 0 aromatic carbocycles. The molecule has 72 nitrogen and oxygen atoms in total. The predicted octanol–water partition coefficient (Wildman–Crippen LogP) is -13.8. The Labute approximate surface area is 678 Å². The van der Waals surface area contributed by atoms with Crippen molar-refractivity contribution in [3.8, 4) is 0 Å². The average Bonchev–Trinajstić information content (AvgIpc) is 0.759. The van der Waals surface area contributed by atoms with Crippen LogP contribution in [-0.2, 0) is 283 Å². The zero-order valence-corrected chi connectivity index (χ0v) is 69.6. The van der Waals surface area contributed by atoms with Gasteiger partial charge in [0.25, 0.3) is 0 Å². The lowest BCUT2D eigenvalue weighted by molar-refractivity contribution is -0.350. The fourth-order valence-corrected chi connectivity index (χ4v) is 17.1.